The number of aliphatic carboxylic acids is 1. The zero-order valence-corrected chi connectivity index (χ0v) is 14.8. The van der Waals surface area contributed by atoms with Crippen LogP contribution in [0.2, 0.25) is 0 Å². The van der Waals surface area contributed by atoms with Crippen LogP contribution >= 0.6 is 0 Å². The molecule has 1 heterocycles. The number of carbonyl (C=O) groups is 1. The molecule has 1 aromatic carbocycles. The van der Waals surface area contributed by atoms with Gasteiger partial charge < -0.3 is 14.6 Å². The molecule has 0 radical (unpaired) electrons. The highest BCUT2D eigenvalue weighted by atomic mass is 16.5. The molecule has 0 amide bonds. The number of benzene rings is 1. The maximum absolute atomic E-state index is 10.8. The lowest BCUT2D eigenvalue weighted by Crippen LogP contribution is -2.21. The second-order valence-corrected chi connectivity index (χ2v) is 6.63. The molecule has 1 aliphatic heterocycles. The Morgan fingerprint density at radius 2 is 2.08 bits per heavy atom. The fourth-order valence-electron chi connectivity index (χ4n) is 2.58. The lowest BCUT2D eigenvalue weighted by molar-refractivity contribution is -0.131. The van der Waals surface area contributed by atoms with Crippen LogP contribution in [0.15, 0.2) is 47.6 Å². The number of carboxylic acid groups (broad SMARTS) is 1. The molecule has 128 valence electrons. The molecule has 0 saturated heterocycles. The summed E-state index contributed by atoms with van der Waals surface area (Å²) in [5, 5.41) is 8.87. The number of rotatable bonds is 4. The van der Waals surface area contributed by atoms with E-state index >= 15 is 0 Å². The Bertz CT molecular complexity index is 736. The van der Waals surface area contributed by atoms with Crippen LogP contribution in [-0.2, 0) is 4.79 Å². The van der Waals surface area contributed by atoms with Crippen LogP contribution in [0.4, 0.5) is 0 Å². The minimum Gasteiger partial charge on any atom is -0.497 e. The van der Waals surface area contributed by atoms with Crippen LogP contribution < -0.4 is 9.47 Å². The molecule has 0 spiro atoms. The number of carboxylic acids is 1. The number of hydrogen-bond donors (Lipinski definition) is 1. The van der Waals surface area contributed by atoms with Crippen molar-refractivity contribution in [1.29, 1.82) is 0 Å². The Balaban J connectivity index is 2.59. The summed E-state index contributed by atoms with van der Waals surface area (Å²) in [5.74, 6) is 0.614. The van der Waals surface area contributed by atoms with Crippen molar-refractivity contribution in [2.45, 2.75) is 27.7 Å². The van der Waals surface area contributed by atoms with Crippen LogP contribution in [-0.4, -0.2) is 24.8 Å². The van der Waals surface area contributed by atoms with Crippen molar-refractivity contribution in [3.63, 3.8) is 0 Å². The van der Waals surface area contributed by atoms with E-state index in [1.165, 1.54) is 11.6 Å². The summed E-state index contributed by atoms with van der Waals surface area (Å²) in [7, 11) is 1.63. The smallest absolute Gasteiger partial charge is 0.328 e. The molecule has 2 rings (SSSR count). The van der Waals surface area contributed by atoms with Gasteiger partial charge in [-0.15, -0.1) is 0 Å². The van der Waals surface area contributed by atoms with E-state index < -0.39 is 5.97 Å². The Morgan fingerprint density at radius 3 is 2.71 bits per heavy atom. The van der Waals surface area contributed by atoms with Crippen LogP contribution in [0.1, 0.15) is 33.3 Å². The quantitative estimate of drug-likeness (QED) is 0.654. The lowest BCUT2D eigenvalue weighted by Gasteiger charge is -2.24. The highest BCUT2D eigenvalue weighted by Gasteiger charge is 2.28. The van der Waals surface area contributed by atoms with Crippen molar-refractivity contribution in [3.05, 3.63) is 53.1 Å². The standard InChI is InChI=1S/C20H24O4/c1-13(10-19(21)22)6-8-16-14(2)20(3,4)12-24-18-9-7-15(23-5)11-17(16)18/h6-11H,12H2,1-5H3,(H,21,22)/b8-6+,13-10+. The van der Waals surface area contributed by atoms with Crippen LogP contribution in [0, 0.1) is 5.41 Å². The predicted octanol–water partition coefficient (Wildman–Crippen LogP) is 4.47. The molecule has 0 aromatic heterocycles. The summed E-state index contributed by atoms with van der Waals surface area (Å²) >= 11 is 0. The van der Waals surface area contributed by atoms with E-state index in [9.17, 15) is 4.79 Å². The second kappa shape index (κ2) is 6.95. The van der Waals surface area contributed by atoms with Crippen molar-refractivity contribution in [1.82, 2.24) is 0 Å². The third-order valence-corrected chi connectivity index (χ3v) is 4.35. The number of ether oxygens (including phenoxy) is 2. The van der Waals surface area contributed by atoms with Crippen molar-refractivity contribution < 1.29 is 19.4 Å². The first-order chi connectivity index (χ1) is 11.2. The third kappa shape index (κ3) is 3.88. The summed E-state index contributed by atoms with van der Waals surface area (Å²) in [5.41, 5.74) is 3.72. The molecular formula is C20H24O4. The molecule has 0 saturated carbocycles. The van der Waals surface area contributed by atoms with Gasteiger partial charge >= 0.3 is 5.97 Å². The predicted molar refractivity (Wildman–Crippen MR) is 95.4 cm³/mol. The topological polar surface area (TPSA) is 55.8 Å². The lowest BCUT2D eigenvalue weighted by atomic mass is 9.82. The maximum atomic E-state index is 10.8. The highest BCUT2D eigenvalue weighted by Crippen LogP contribution is 2.42. The summed E-state index contributed by atoms with van der Waals surface area (Å²) in [6.45, 7) is 8.72. The monoisotopic (exact) mass is 328 g/mol. The minimum absolute atomic E-state index is 0.129. The Kier molecular flexibility index (Phi) is 5.17. The van der Waals surface area contributed by atoms with Gasteiger partial charge in [-0.3, -0.25) is 0 Å². The second-order valence-electron chi connectivity index (χ2n) is 6.63. The molecule has 0 unspecified atom stereocenters. The van der Waals surface area contributed by atoms with E-state index in [1.807, 2.05) is 30.4 Å². The van der Waals surface area contributed by atoms with Gasteiger partial charge in [0.1, 0.15) is 11.5 Å². The van der Waals surface area contributed by atoms with E-state index in [2.05, 4.69) is 20.8 Å². The molecule has 0 aliphatic carbocycles. The molecule has 4 heteroatoms. The molecule has 1 aromatic rings. The van der Waals surface area contributed by atoms with Crippen molar-refractivity contribution in [3.8, 4) is 11.5 Å². The fraction of sp³-hybridized carbons (Fsp3) is 0.350. The van der Waals surface area contributed by atoms with Crippen LogP contribution in [0.5, 0.6) is 11.5 Å². The SMILES string of the molecule is COc1ccc2c(c1)C(/C=C/C(C)=C/C(=O)O)=C(C)C(C)(C)CO2. The van der Waals surface area contributed by atoms with Gasteiger partial charge in [-0.1, -0.05) is 31.6 Å². The summed E-state index contributed by atoms with van der Waals surface area (Å²) in [4.78, 5) is 10.8. The molecule has 1 N–H and O–H groups in total. The van der Waals surface area contributed by atoms with Crippen LogP contribution in [0.3, 0.4) is 0 Å². The zero-order valence-electron chi connectivity index (χ0n) is 14.8. The van der Waals surface area contributed by atoms with Crippen molar-refractivity contribution >= 4 is 11.5 Å². The number of allylic oxidation sites excluding steroid dienone is 4. The van der Waals surface area contributed by atoms with Gasteiger partial charge in [-0.05, 0) is 43.2 Å². The molecule has 0 atom stereocenters. The van der Waals surface area contributed by atoms with Gasteiger partial charge in [0, 0.05) is 17.1 Å². The number of fused-ring (bicyclic) bond motifs is 1. The minimum atomic E-state index is -0.950. The Hall–Kier alpha value is -2.49. The molecule has 24 heavy (non-hydrogen) atoms. The summed E-state index contributed by atoms with van der Waals surface area (Å²) in [6, 6.07) is 5.75. The fourth-order valence-corrected chi connectivity index (χ4v) is 2.58. The molecule has 4 nitrogen and oxygen atoms in total. The number of methoxy groups -OCH3 is 1. The number of hydrogen-bond acceptors (Lipinski definition) is 3. The zero-order chi connectivity index (χ0) is 17.9. The molecular weight excluding hydrogens is 304 g/mol. The average molecular weight is 328 g/mol. The maximum Gasteiger partial charge on any atom is 0.328 e. The normalized spacial score (nSPS) is 17.3. The first-order valence-corrected chi connectivity index (χ1v) is 7.86. The molecule has 1 aliphatic rings. The summed E-state index contributed by atoms with van der Waals surface area (Å²) < 4.78 is 11.3. The van der Waals surface area contributed by atoms with E-state index in [-0.39, 0.29) is 5.41 Å². The Morgan fingerprint density at radius 1 is 1.38 bits per heavy atom. The molecule has 0 bridgehead atoms. The first kappa shape index (κ1) is 17.9. The van der Waals surface area contributed by atoms with Gasteiger partial charge in [0.15, 0.2) is 0 Å². The largest absolute Gasteiger partial charge is 0.497 e. The van der Waals surface area contributed by atoms with E-state index in [0.29, 0.717) is 12.2 Å². The van der Waals surface area contributed by atoms with Gasteiger partial charge in [-0.2, -0.15) is 0 Å². The van der Waals surface area contributed by atoms with E-state index in [0.717, 1.165) is 22.6 Å². The first-order valence-electron chi connectivity index (χ1n) is 7.86. The van der Waals surface area contributed by atoms with Gasteiger partial charge in [0.2, 0.25) is 0 Å². The molecule has 0 fully saturated rings. The highest BCUT2D eigenvalue weighted by molar-refractivity contribution is 5.84. The Labute approximate surface area is 143 Å². The van der Waals surface area contributed by atoms with Crippen molar-refractivity contribution in [2.24, 2.45) is 5.41 Å². The van der Waals surface area contributed by atoms with Crippen molar-refractivity contribution in [2.75, 3.05) is 13.7 Å². The van der Waals surface area contributed by atoms with Gasteiger partial charge in [-0.25, -0.2) is 4.79 Å². The average Bonchev–Trinajstić information content (AvgIpc) is 2.60. The van der Waals surface area contributed by atoms with Crippen LogP contribution in [0.25, 0.3) is 5.57 Å². The summed E-state index contributed by atoms with van der Waals surface area (Å²) in [6.07, 6.45) is 4.97. The van der Waals surface area contributed by atoms with E-state index in [1.54, 1.807) is 14.0 Å². The van der Waals surface area contributed by atoms with E-state index in [4.69, 9.17) is 14.6 Å². The third-order valence-electron chi connectivity index (χ3n) is 4.35. The van der Waals surface area contributed by atoms with Gasteiger partial charge in [0.25, 0.3) is 0 Å². The van der Waals surface area contributed by atoms with Gasteiger partial charge in [0.05, 0.1) is 13.7 Å².